The van der Waals surface area contributed by atoms with Gasteiger partial charge in [-0.1, -0.05) is 0 Å². The summed E-state index contributed by atoms with van der Waals surface area (Å²) < 4.78 is 42.3. The third-order valence-corrected chi connectivity index (χ3v) is 4.70. The maximum absolute atomic E-state index is 13.1. The zero-order chi connectivity index (χ0) is 22.1. The van der Waals surface area contributed by atoms with E-state index in [0.717, 1.165) is 17.0 Å². The van der Waals surface area contributed by atoms with Crippen LogP contribution in [0.3, 0.4) is 0 Å². The van der Waals surface area contributed by atoms with Crippen molar-refractivity contribution in [3.63, 3.8) is 0 Å². The number of hydrogen-bond donors (Lipinski definition) is 1. The largest absolute Gasteiger partial charge is 0.586 e. The van der Waals surface area contributed by atoms with Crippen LogP contribution in [-0.4, -0.2) is 30.5 Å². The van der Waals surface area contributed by atoms with E-state index in [1.165, 1.54) is 24.3 Å². The van der Waals surface area contributed by atoms with Crippen LogP contribution < -0.4 is 14.8 Å². The van der Waals surface area contributed by atoms with Crippen LogP contribution in [0.15, 0.2) is 29.8 Å². The second-order valence-corrected chi connectivity index (χ2v) is 6.95. The molecular formula is C21H21F2N3O4. The molecule has 1 aromatic carbocycles. The summed E-state index contributed by atoms with van der Waals surface area (Å²) in [7, 11) is 1.63. The lowest BCUT2D eigenvalue weighted by atomic mass is 10.1. The van der Waals surface area contributed by atoms with Gasteiger partial charge in [-0.05, 0) is 50.6 Å². The molecule has 0 saturated heterocycles. The number of ether oxygens (including phenoxy) is 3. The van der Waals surface area contributed by atoms with Crippen molar-refractivity contribution >= 4 is 17.7 Å². The number of carbonyl (C=O) groups excluding carboxylic acids is 1. The van der Waals surface area contributed by atoms with Crippen LogP contribution in [0.4, 0.5) is 14.5 Å². The molecule has 2 aromatic rings. The van der Waals surface area contributed by atoms with Gasteiger partial charge in [-0.3, -0.25) is 4.79 Å². The molecule has 0 aliphatic carbocycles. The molecule has 3 rings (SSSR count). The molecule has 1 unspecified atom stereocenters. The monoisotopic (exact) mass is 417 g/mol. The van der Waals surface area contributed by atoms with Gasteiger partial charge in [0.1, 0.15) is 11.6 Å². The molecule has 1 amide bonds. The first-order valence-corrected chi connectivity index (χ1v) is 9.15. The highest BCUT2D eigenvalue weighted by molar-refractivity contribution is 6.09. The fourth-order valence-electron chi connectivity index (χ4n) is 3.47. The SMILES string of the molecule is COCC(C)n1c(C)cc(C=C(C#N)C(=O)Nc2ccc3c(c2)OC(F)(F)O3)c1C. The Morgan fingerprint density at radius 2 is 2.03 bits per heavy atom. The number of fused-ring (bicyclic) bond motifs is 1. The second-order valence-electron chi connectivity index (χ2n) is 6.95. The molecular weight excluding hydrogens is 396 g/mol. The van der Waals surface area contributed by atoms with E-state index < -0.39 is 12.2 Å². The number of nitrogens with zero attached hydrogens (tertiary/aromatic N) is 2. The van der Waals surface area contributed by atoms with Gasteiger partial charge in [-0.2, -0.15) is 5.26 Å². The van der Waals surface area contributed by atoms with Crippen LogP contribution in [0.1, 0.15) is 29.9 Å². The number of halogens is 2. The molecule has 9 heteroatoms. The fraction of sp³-hybridized carbons (Fsp3) is 0.333. The number of nitrogens with one attached hydrogen (secondary N) is 1. The summed E-state index contributed by atoms with van der Waals surface area (Å²) in [5, 5.41) is 12.0. The predicted octanol–water partition coefficient (Wildman–Crippen LogP) is 4.18. The highest BCUT2D eigenvalue weighted by Gasteiger charge is 2.43. The highest BCUT2D eigenvalue weighted by Crippen LogP contribution is 2.42. The third kappa shape index (κ3) is 4.28. The van der Waals surface area contributed by atoms with Gasteiger partial charge in [0.05, 0.1) is 12.6 Å². The van der Waals surface area contributed by atoms with Crippen LogP contribution in [0.2, 0.25) is 0 Å². The Morgan fingerprint density at radius 3 is 2.70 bits per heavy atom. The average molecular weight is 417 g/mol. The lowest BCUT2D eigenvalue weighted by Crippen LogP contribution is -2.25. The van der Waals surface area contributed by atoms with Gasteiger partial charge in [0.15, 0.2) is 11.5 Å². The van der Waals surface area contributed by atoms with Crippen LogP contribution >= 0.6 is 0 Å². The van der Waals surface area contributed by atoms with Crippen LogP contribution in [0.25, 0.3) is 6.08 Å². The minimum atomic E-state index is -3.74. The minimum absolute atomic E-state index is 0.0864. The summed E-state index contributed by atoms with van der Waals surface area (Å²) in [6, 6.07) is 7.71. The zero-order valence-corrected chi connectivity index (χ0v) is 17.0. The van der Waals surface area contributed by atoms with E-state index in [1.54, 1.807) is 7.11 Å². The molecule has 30 heavy (non-hydrogen) atoms. The second kappa shape index (κ2) is 8.16. The number of rotatable bonds is 6. The molecule has 1 aliphatic rings. The Hall–Kier alpha value is -3.38. The Bertz CT molecular complexity index is 1050. The Kier molecular flexibility index (Phi) is 5.80. The van der Waals surface area contributed by atoms with Gasteiger partial charge in [0, 0.05) is 30.3 Å². The normalized spacial score (nSPS) is 15.6. The number of benzene rings is 1. The minimum Gasteiger partial charge on any atom is -0.395 e. The molecule has 0 saturated carbocycles. The summed E-state index contributed by atoms with van der Waals surface area (Å²) in [4.78, 5) is 12.6. The van der Waals surface area contributed by atoms with Gasteiger partial charge in [-0.25, -0.2) is 0 Å². The van der Waals surface area contributed by atoms with Crippen LogP contribution in [0, 0.1) is 25.2 Å². The molecule has 0 radical (unpaired) electrons. The summed E-state index contributed by atoms with van der Waals surface area (Å²) in [6.45, 7) is 6.37. The van der Waals surface area contributed by atoms with E-state index in [0.29, 0.717) is 6.61 Å². The summed E-state index contributed by atoms with van der Waals surface area (Å²) >= 11 is 0. The van der Waals surface area contributed by atoms with E-state index in [-0.39, 0.29) is 28.8 Å². The number of alkyl halides is 2. The van der Waals surface area contributed by atoms with Crippen molar-refractivity contribution in [2.45, 2.75) is 33.1 Å². The summed E-state index contributed by atoms with van der Waals surface area (Å²) in [6.07, 6.45) is -2.25. The predicted molar refractivity (Wildman–Crippen MR) is 105 cm³/mol. The van der Waals surface area contributed by atoms with E-state index >= 15 is 0 Å². The lowest BCUT2D eigenvalue weighted by molar-refractivity contribution is -0.286. The Labute approximate surface area is 172 Å². The molecule has 1 aliphatic heterocycles. The number of nitriles is 1. The van der Waals surface area contributed by atoms with E-state index in [1.807, 2.05) is 32.9 Å². The molecule has 7 nitrogen and oxygen atoms in total. The summed E-state index contributed by atoms with van der Waals surface area (Å²) in [5.41, 5.74) is 2.66. The van der Waals surface area contributed by atoms with Gasteiger partial charge in [-0.15, -0.1) is 8.78 Å². The first kappa shape index (κ1) is 21.3. The standard InChI is InChI=1S/C21H21F2N3O4/c1-12-7-15(14(3)26(12)13(2)11-28-4)8-16(10-24)20(27)25-17-5-6-18-19(9-17)30-21(22,23)29-18/h5-9,13H,11H2,1-4H3,(H,25,27). The van der Waals surface area contributed by atoms with Crippen LogP contribution in [0.5, 0.6) is 11.5 Å². The topological polar surface area (TPSA) is 85.5 Å². The third-order valence-electron chi connectivity index (χ3n) is 4.70. The van der Waals surface area contributed by atoms with Gasteiger partial charge < -0.3 is 24.1 Å². The number of hydrogen-bond acceptors (Lipinski definition) is 5. The number of carbonyl (C=O) groups is 1. The number of methoxy groups -OCH3 is 1. The first-order valence-electron chi connectivity index (χ1n) is 9.15. The molecule has 1 N–H and O–H groups in total. The molecule has 0 bridgehead atoms. The smallest absolute Gasteiger partial charge is 0.395 e. The maximum atomic E-state index is 13.1. The van der Waals surface area contributed by atoms with Crippen LogP contribution in [-0.2, 0) is 9.53 Å². The van der Waals surface area contributed by atoms with Crippen molar-refractivity contribution in [2.24, 2.45) is 0 Å². The van der Waals surface area contributed by atoms with Gasteiger partial charge in [0.25, 0.3) is 5.91 Å². The Balaban J connectivity index is 1.82. The van der Waals surface area contributed by atoms with Crippen molar-refractivity contribution in [3.8, 4) is 17.6 Å². The molecule has 2 heterocycles. The number of anilines is 1. The fourth-order valence-corrected chi connectivity index (χ4v) is 3.47. The molecule has 158 valence electrons. The highest BCUT2D eigenvalue weighted by atomic mass is 19.3. The lowest BCUT2D eigenvalue weighted by Gasteiger charge is -2.17. The van der Waals surface area contributed by atoms with Gasteiger partial charge in [0.2, 0.25) is 0 Å². The molecule has 1 aromatic heterocycles. The van der Waals surface area contributed by atoms with Crippen molar-refractivity contribution in [1.29, 1.82) is 5.26 Å². The first-order chi connectivity index (χ1) is 14.1. The average Bonchev–Trinajstić information content (AvgIpc) is 3.12. The quantitative estimate of drug-likeness (QED) is 0.563. The summed E-state index contributed by atoms with van der Waals surface area (Å²) in [5.74, 6) is -1.000. The number of aromatic nitrogens is 1. The molecule has 0 spiro atoms. The van der Waals surface area contributed by atoms with Crippen molar-refractivity contribution in [1.82, 2.24) is 4.57 Å². The molecule has 0 fully saturated rings. The number of amides is 1. The van der Waals surface area contributed by atoms with Crippen molar-refractivity contribution in [2.75, 3.05) is 19.0 Å². The zero-order valence-electron chi connectivity index (χ0n) is 17.0. The van der Waals surface area contributed by atoms with E-state index in [9.17, 15) is 18.8 Å². The molecule has 1 atom stereocenters. The number of aryl methyl sites for hydroxylation is 1. The Morgan fingerprint density at radius 1 is 1.33 bits per heavy atom. The van der Waals surface area contributed by atoms with Gasteiger partial charge >= 0.3 is 6.29 Å². The van der Waals surface area contributed by atoms with E-state index in [2.05, 4.69) is 19.4 Å². The maximum Gasteiger partial charge on any atom is 0.586 e. The van der Waals surface area contributed by atoms with E-state index in [4.69, 9.17) is 4.74 Å². The van der Waals surface area contributed by atoms with Crippen molar-refractivity contribution < 1.29 is 27.8 Å². The van der Waals surface area contributed by atoms with Crippen molar-refractivity contribution in [3.05, 3.63) is 46.8 Å².